The summed E-state index contributed by atoms with van der Waals surface area (Å²) in [4.78, 5) is 54.5. The first kappa shape index (κ1) is 44.4. The molecule has 2 aromatic rings. The van der Waals surface area contributed by atoms with Crippen LogP contribution in [-0.2, 0) is 29.1 Å². The molecule has 59 heavy (non-hydrogen) atoms. The number of aliphatic hydroxyl groups is 1. The molecule has 0 bridgehead atoms. The number of aromatic nitrogens is 2. The van der Waals surface area contributed by atoms with Crippen LogP contribution in [0.5, 0.6) is 11.6 Å². The number of anilines is 1. The molecule has 0 spiro atoms. The van der Waals surface area contributed by atoms with Crippen LogP contribution in [0.25, 0.3) is 10.9 Å². The first-order valence-electron chi connectivity index (χ1n) is 20.2. The highest BCUT2D eigenvalue weighted by molar-refractivity contribution is 7.90. The molecule has 1 aromatic heterocycles. The average molecular weight is 852 g/mol. The van der Waals surface area contributed by atoms with Crippen LogP contribution < -0.4 is 19.1 Å². The normalized spacial score (nSPS) is 30.0. The maximum absolute atomic E-state index is 14.9. The third-order valence-corrected chi connectivity index (χ3v) is 14.2. The molecule has 326 valence electrons. The lowest BCUT2D eigenvalue weighted by atomic mass is 9.82. The minimum absolute atomic E-state index is 0.0280. The lowest BCUT2D eigenvalue weighted by Crippen LogP contribution is -2.49. The Hall–Kier alpha value is -4.19. The fraction of sp³-hybridized carbons (Fsp3) is 0.683. The van der Waals surface area contributed by atoms with Crippen LogP contribution >= 0.6 is 0 Å². The highest BCUT2D eigenvalue weighted by Crippen LogP contribution is 2.58. The number of hydrogen-bond donors (Lipinski definition) is 2. The van der Waals surface area contributed by atoms with Gasteiger partial charge in [-0.05, 0) is 88.7 Å². The standard InChI is InChI=1S/C41H56F3N5O9S/c1-23-10-8-9-11-25-20-40(25,37(53)47-59(54,55)28-13-14-28)21-33(50)32-18-27(57-35-29-15-12-26(56-7)17-31(29)45-38(46-35)48(5)6)22-49(32)36(52)30(24(2)16-23)19-34(51)58-39(3,4)41(42,43)44/h9,11-12,15,17,23-25,27-28,30,32-33,50H,8,10,13-14,16,18-22H2,1-7H3,(H,47,53)/b11-9-/t23-,24+,25+,27+,30-,32-,33?,40+/m0/s1. The molecule has 14 nitrogen and oxygen atoms in total. The van der Waals surface area contributed by atoms with Gasteiger partial charge in [-0.25, -0.2) is 13.4 Å². The Labute approximate surface area is 343 Å². The first-order chi connectivity index (χ1) is 27.5. The highest BCUT2D eigenvalue weighted by atomic mass is 32.2. The van der Waals surface area contributed by atoms with E-state index in [1.807, 2.05) is 19.1 Å². The van der Waals surface area contributed by atoms with E-state index in [0.717, 1.165) is 13.8 Å². The molecule has 6 rings (SSSR count). The van der Waals surface area contributed by atoms with Crippen LogP contribution in [-0.4, -0.2) is 109 Å². The molecule has 1 aromatic carbocycles. The number of alkyl halides is 3. The third-order valence-electron chi connectivity index (χ3n) is 12.3. The lowest BCUT2D eigenvalue weighted by molar-refractivity contribution is -0.257. The van der Waals surface area contributed by atoms with E-state index in [1.165, 1.54) is 12.0 Å². The number of fused-ring (bicyclic) bond motifs is 3. The molecule has 3 heterocycles. The van der Waals surface area contributed by atoms with E-state index in [0.29, 0.717) is 54.7 Å². The summed E-state index contributed by atoms with van der Waals surface area (Å²) in [7, 11) is 1.14. The Kier molecular flexibility index (Phi) is 12.6. The van der Waals surface area contributed by atoms with E-state index in [4.69, 9.17) is 14.2 Å². The van der Waals surface area contributed by atoms with Gasteiger partial charge in [-0.1, -0.05) is 26.0 Å². The molecule has 2 aliphatic heterocycles. The van der Waals surface area contributed by atoms with Gasteiger partial charge in [0.1, 0.15) is 11.9 Å². The number of allylic oxidation sites excluding steroid dienone is 2. The maximum Gasteiger partial charge on any atom is 0.427 e. The predicted octanol–water partition coefficient (Wildman–Crippen LogP) is 5.32. The average Bonchev–Trinajstić information content (AvgIpc) is 4.07. The second kappa shape index (κ2) is 16.7. The van der Waals surface area contributed by atoms with Gasteiger partial charge in [0.15, 0.2) is 0 Å². The number of nitrogens with one attached hydrogen (secondary N) is 1. The second-order valence-corrected chi connectivity index (χ2v) is 19.6. The SMILES string of the molecule is COc1ccc2c(O[C@@H]3C[C@H]4C(O)C[C@]5(C(=O)NS(=O)(=O)C6CC6)C[C@H]5/C=C\CC[C@H](C)C[C@@H](C)[C@H](CC(=O)OC(C)(C)C(F)(F)F)C(=O)N4C3)nc(N(C)C)nc2c1. The van der Waals surface area contributed by atoms with Crippen molar-refractivity contribution in [1.82, 2.24) is 19.6 Å². The Morgan fingerprint density at radius 1 is 1.08 bits per heavy atom. The summed E-state index contributed by atoms with van der Waals surface area (Å²) >= 11 is 0. The van der Waals surface area contributed by atoms with Gasteiger partial charge >= 0.3 is 12.1 Å². The van der Waals surface area contributed by atoms with Gasteiger partial charge < -0.3 is 29.1 Å². The van der Waals surface area contributed by atoms with Gasteiger partial charge in [0.25, 0.3) is 0 Å². The molecule has 2 amide bonds. The number of halogens is 3. The maximum atomic E-state index is 14.9. The molecular weight excluding hydrogens is 796 g/mol. The Morgan fingerprint density at radius 2 is 1.80 bits per heavy atom. The van der Waals surface area contributed by atoms with Gasteiger partial charge in [-0.15, -0.1) is 0 Å². The van der Waals surface area contributed by atoms with Crippen LogP contribution in [0.2, 0.25) is 0 Å². The van der Waals surface area contributed by atoms with E-state index >= 15 is 0 Å². The van der Waals surface area contributed by atoms with Gasteiger partial charge in [-0.2, -0.15) is 18.2 Å². The summed E-state index contributed by atoms with van der Waals surface area (Å²) < 4.78 is 86.5. The number of esters is 1. The Morgan fingerprint density at radius 3 is 2.44 bits per heavy atom. The number of rotatable bonds is 10. The van der Waals surface area contributed by atoms with E-state index in [1.54, 1.807) is 44.1 Å². The summed E-state index contributed by atoms with van der Waals surface area (Å²) in [5, 5.41) is 12.1. The lowest BCUT2D eigenvalue weighted by Gasteiger charge is -2.35. The van der Waals surface area contributed by atoms with Crippen molar-refractivity contribution in [3.8, 4) is 11.6 Å². The Bertz CT molecular complexity index is 2060. The van der Waals surface area contributed by atoms with Crippen molar-refractivity contribution in [2.75, 3.05) is 32.6 Å². The smallest absolute Gasteiger partial charge is 0.427 e. The number of sulfonamides is 1. The van der Waals surface area contributed by atoms with Crippen LogP contribution in [0.15, 0.2) is 30.4 Å². The Balaban J connectivity index is 1.37. The summed E-state index contributed by atoms with van der Waals surface area (Å²) in [5.74, 6) is -3.37. The van der Waals surface area contributed by atoms with Crippen LogP contribution in [0.4, 0.5) is 19.1 Å². The molecule has 1 saturated heterocycles. The predicted molar refractivity (Wildman–Crippen MR) is 212 cm³/mol. The zero-order valence-corrected chi connectivity index (χ0v) is 35.4. The van der Waals surface area contributed by atoms with Crippen LogP contribution in [0.1, 0.15) is 85.5 Å². The quantitative estimate of drug-likeness (QED) is 0.233. The van der Waals surface area contributed by atoms with Gasteiger partial charge in [-0.3, -0.25) is 19.1 Å². The number of methoxy groups -OCH3 is 1. The van der Waals surface area contributed by atoms with E-state index in [2.05, 4.69) is 14.7 Å². The fourth-order valence-electron chi connectivity index (χ4n) is 8.42. The van der Waals surface area contributed by atoms with Crippen molar-refractivity contribution in [3.63, 3.8) is 0 Å². The molecule has 1 unspecified atom stereocenters. The van der Waals surface area contributed by atoms with Crippen molar-refractivity contribution in [2.24, 2.45) is 29.1 Å². The number of carbonyl (C=O) groups is 3. The fourth-order valence-corrected chi connectivity index (χ4v) is 9.80. The van der Waals surface area contributed by atoms with E-state index < -0.39 is 86.8 Å². The molecule has 0 radical (unpaired) electrons. The zero-order chi connectivity index (χ0) is 43.2. The van der Waals surface area contributed by atoms with E-state index in [9.17, 15) is 41.1 Å². The summed E-state index contributed by atoms with van der Waals surface area (Å²) in [6.07, 6.45) is -1.03. The van der Waals surface area contributed by atoms with E-state index in [-0.39, 0.29) is 43.5 Å². The summed E-state index contributed by atoms with van der Waals surface area (Å²) in [6, 6.07) is 4.19. The van der Waals surface area contributed by atoms with Crippen LogP contribution in [0.3, 0.4) is 0 Å². The highest BCUT2D eigenvalue weighted by Gasteiger charge is 2.61. The number of hydrogen-bond acceptors (Lipinski definition) is 12. The van der Waals surface area contributed by atoms with Crippen molar-refractivity contribution in [2.45, 2.75) is 121 Å². The van der Waals surface area contributed by atoms with Crippen molar-refractivity contribution in [1.29, 1.82) is 0 Å². The second-order valence-electron chi connectivity index (χ2n) is 17.7. The third kappa shape index (κ3) is 9.73. The van der Waals surface area contributed by atoms with Crippen molar-refractivity contribution < 1.29 is 55.3 Å². The molecule has 2 aliphatic carbocycles. The molecule has 2 N–H and O–H groups in total. The number of amides is 2. The first-order valence-corrected chi connectivity index (χ1v) is 21.8. The summed E-state index contributed by atoms with van der Waals surface area (Å²) in [6.45, 7) is 5.17. The molecule has 4 aliphatic rings. The molecule has 8 atom stereocenters. The van der Waals surface area contributed by atoms with Crippen molar-refractivity contribution >= 4 is 44.7 Å². The molecule has 18 heteroatoms. The van der Waals surface area contributed by atoms with Gasteiger partial charge in [0, 0.05) is 26.6 Å². The van der Waals surface area contributed by atoms with Crippen LogP contribution in [0, 0.1) is 29.1 Å². The number of ether oxygens (including phenoxy) is 3. The molecule has 2 saturated carbocycles. The number of benzene rings is 1. The number of nitrogens with zero attached hydrogens (tertiary/aromatic N) is 4. The minimum atomic E-state index is -4.86. The molecule has 3 fully saturated rings. The summed E-state index contributed by atoms with van der Waals surface area (Å²) in [5.41, 5.74) is -3.56. The molecular formula is C41H56F3N5O9S. The largest absolute Gasteiger partial charge is 0.497 e. The van der Waals surface area contributed by atoms with Crippen molar-refractivity contribution in [3.05, 3.63) is 30.4 Å². The zero-order valence-electron chi connectivity index (χ0n) is 34.6. The van der Waals surface area contributed by atoms with Gasteiger partial charge in [0.05, 0.1) is 59.7 Å². The monoisotopic (exact) mass is 851 g/mol. The number of carbonyl (C=O) groups excluding carboxylic acids is 3. The topological polar surface area (TPSA) is 178 Å². The minimum Gasteiger partial charge on any atom is -0.497 e. The number of aliphatic hydroxyl groups excluding tert-OH is 1. The van der Waals surface area contributed by atoms with Gasteiger partial charge in [0.2, 0.25) is 39.3 Å².